The summed E-state index contributed by atoms with van der Waals surface area (Å²) >= 11 is 4.75. The van der Waals surface area contributed by atoms with Crippen LogP contribution in [-0.4, -0.2) is 54.3 Å². The average Bonchev–Trinajstić information content (AvgIpc) is 2.39. The fraction of sp³-hybridized carbons (Fsp3) is 0.385. The lowest BCUT2D eigenvalue weighted by molar-refractivity contribution is 0.0698. The summed E-state index contributed by atoms with van der Waals surface area (Å²) in [7, 11) is 2.08. The zero-order chi connectivity index (χ0) is 14.7. The van der Waals surface area contributed by atoms with Crippen LogP contribution >= 0.6 is 12.2 Å². The van der Waals surface area contributed by atoms with E-state index in [2.05, 4.69) is 22.2 Å². The van der Waals surface area contributed by atoms with Gasteiger partial charge in [-0.15, -0.1) is 0 Å². The molecule has 1 saturated heterocycles. The van der Waals surface area contributed by atoms with E-state index in [0.717, 1.165) is 31.9 Å². The molecular weight excluding hydrogens is 276 g/mol. The monoisotopic (exact) mass is 294 g/mol. The van der Waals surface area contributed by atoms with Gasteiger partial charge in [0.15, 0.2) is 5.11 Å². The summed E-state index contributed by atoms with van der Waals surface area (Å²) in [6.45, 7) is 3.71. The number of nitrogens with two attached hydrogens (primary N) is 1. The summed E-state index contributed by atoms with van der Waals surface area (Å²) < 4.78 is 0. The Morgan fingerprint density at radius 2 is 2.00 bits per heavy atom. The Bertz CT molecular complexity index is 527. The molecule has 1 aromatic rings. The van der Waals surface area contributed by atoms with Gasteiger partial charge < -0.3 is 26.0 Å². The number of likely N-dealkylation sites (N-methyl/N-ethyl adjacent to an activating group) is 1. The zero-order valence-electron chi connectivity index (χ0n) is 11.3. The Morgan fingerprint density at radius 3 is 2.55 bits per heavy atom. The molecule has 0 spiro atoms. The lowest BCUT2D eigenvalue weighted by Crippen LogP contribution is -2.44. The number of benzene rings is 1. The van der Waals surface area contributed by atoms with Crippen LogP contribution in [-0.2, 0) is 0 Å². The quantitative estimate of drug-likeness (QED) is 0.711. The van der Waals surface area contributed by atoms with Gasteiger partial charge in [0.05, 0.1) is 11.3 Å². The number of rotatable bonds is 3. The molecular formula is C13H18N4O2S. The van der Waals surface area contributed by atoms with Gasteiger partial charge in [0.25, 0.3) is 0 Å². The Balaban J connectivity index is 2.25. The number of thiocarbonyl (C=S) groups is 1. The summed E-state index contributed by atoms with van der Waals surface area (Å²) in [5, 5.41) is 12.0. The van der Waals surface area contributed by atoms with Crippen LogP contribution in [0.15, 0.2) is 18.2 Å². The van der Waals surface area contributed by atoms with Gasteiger partial charge in [-0.1, -0.05) is 0 Å². The number of nitrogens with one attached hydrogen (secondary N) is 1. The standard InChI is InChI=1S/C13H18N4O2S/c1-16-4-6-17(7-5-16)9-2-3-11(15-13(14)20)10(8-9)12(18)19/h2-3,8H,4-7H2,1H3,(H,18,19)(H3,14,15,20). The van der Waals surface area contributed by atoms with Crippen LogP contribution < -0.4 is 16.0 Å². The maximum absolute atomic E-state index is 11.3. The van der Waals surface area contributed by atoms with Crippen molar-refractivity contribution in [3.05, 3.63) is 23.8 Å². The number of aromatic carboxylic acids is 1. The number of hydrogen-bond acceptors (Lipinski definition) is 4. The van der Waals surface area contributed by atoms with Gasteiger partial charge in [0.1, 0.15) is 0 Å². The van der Waals surface area contributed by atoms with Crippen LogP contribution in [0.1, 0.15) is 10.4 Å². The van der Waals surface area contributed by atoms with Gasteiger partial charge in [-0.3, -0.25) is 0 Å². The molecule has 20 heavy (non-hydrogen) atoms. The summed E-state index contributed by atoms with van der Waals surface area (Å²) in [6.07, 6.45) is 0. The van der Waals surface area contributed by atoms with Crippen LogP contribution in [0.3, 0.4) is 0 Å². The van der Waals surface area contributed by atoms with Gasteiger partial charge >= 0.3 is 5.97 Å². The molecule has 0 radical (unpaired) electrons. The van der Waals surface area contributed by atoms with Crippen molar-refractivity contribution in [2.24, 2.45) is 5.73 Å². The van der Waals surface area contributed by atoms with E-state index in [-0.39, 0.29) is 10.7 Å². The smallest absolute Gasteiger partial charge is 0.337 e. The third-order valence-electron chi connectivity index (χ3n) is 3.36. The van der Waals surface area contributed by atoms with E-state index in [0.29, 0.717) is 5.69 Å². The highest BCUT2D eigenvalue weighted by Gasteiger charge is 2.17. The van der Waals surface area contributed by atoms with Crippen molar-refractivity contribution in [2.75, 3.05) is 43.4 Å². The van der Waals surface area contributed by atoms with E-state index in [9.17, 15) is 9.90 Å². The molecule has 7 heteroatoms. The van der Waals surface area contributed by atoms with E-state index >= 15 is 0 Å². The van der Waals surface area contributed by atoms with E-state index in [4.69, 9.17) is 18.0 Å². The molecule has 1 aliphatic heterocycles. The van der Waals surface area contributed by atoms with Gasteiger partial charge in [-0.05, 0) is 37.5 Å². The molecule has 0 aliphatic carbocycles. The first-order chi connectivity index (χ1) is 9.47. The highest BCUT2D eigenvalue weighted by molar-refractivity contribution is 7.80. The van der Waals surface area contributed by atoms with E-state index < -0.39 is 5.97 Å². The molecule has 1 aliphatic rings. The second kappa shape index (κ2) is 6.06. The fourth-order valence-corrected chi connectivity index (χ4v) is 2.32. The second-order valence-electron chi connectivity index (χ2n) is 4.81. The number of carbonyl (C=O) groups is 1. The Labute approximate surface area is 123 Å². The van der Waals surface area contributed by atoms with Gasteiger partial charge in [0, 0.05) is 31.9 Å². The van der Waals surface area contributed by atoms with Crippen molar-refractivity contribution in [1.82, 2.24) is 4.90 Å². The molecule has 1 heterocycles. The molecule has 0 saturated carbocycles. The normalized spacial score (nSPS) is 15.9. The molecule has 0 amide bonds. The molecule has 4 N–H and O–H groups in total. The number of hydrogen-bond donors (Lipinski definition) is 3. The van der Waals surface area contributed by atoms with Crippen molar-refractivity contribution < 1.29 is 9.90 Å². The summed E-state index contributed by atoms with van der Waals surface area (Å²) in [4.78, 5) is 15.8. The SMILES string of the molecule is CN1CCN(c2ccc(NC(N)=S)c(C(=O)O)c2)CC1. The van der Waals surface area contributed by atoms with Crippen molar-refractivity contribution in [1.29, 1.82) is 0 Å². The van der Waals surface area contributed by atoms with Crippen LogP contribution in [0.5, 0.6) is 0 Å². The summed E-state index contributed by atoms with van der Waals surface area (Å²) in [5.41, 5.74) is 6.90. The molecule has 1 fully saturated rings. The predicted molar refractivity (Wildman–Crippen MR) is 83.5 cm³/mol. The van der Waals surface area contributed by atoms with Gasteiger partial charge in [-0.2, -0.15) is 0 Å². The first-order valence-corrected chi connectivity index (χ1v) is 6.75. The van der Waals surface area contributed by atoms with Crippen molar-refractivity contribution >= 4 is 34.7 Å². The van der Waals surface area contributed by atoms with Crippen LogP contribution in [0.25, 0.3) is 0 Å². The number of carboxylic acids is 1. The van der Waals surface area contributed by atoms with Crippen LogP contribution in [0.4, 0.5) is 11.4 Å². The van der Waals surface area contributed by atoms with Crippen LogP contribution in [0.2, 0.25) is 0 Å². The zero-order valence-corrected chi connectivity index (χ0v) is 12.1. The molecule has 1 aromatic carbocycles. The molecule has 2 rings (SSSR count). The maximum Gasteiger partial charge on any atom is 0.337 e. The minimum Gasteiger partial charge on any atom is -0.478 e. The lowest BCUT2D eigenvalue weighted by Gasteiger charge is -2.34. The van der Waals surface area contributed by atoms with Crippen molar-refractivity contribution in [3.8, 4) is 0 Å². The number of piperazine rings is 1. The molecule has 0 unspecified atom stereocenters. The molecule has 0 aromatic heterocycles. The first kappa shape index (κ1) is 14.5. The molecule has 0 bridgehead atoms. The predicted octanol–water partition coefficient (Wildman–Crippen LogP) is 0.792. The van der Waals surface area contributed by atoms with E-state index in [1.165, 1.54) is 0 Å². The van der Waals surface area contributed by atoms with E-state index in [1.807, 2.05) is 6.07 Å². The Hall–Kier alpha value is -1.86. The third-order valence-corrected chi connectivity index (χ3v) is 3.46. The first-order valence-electron chi connectivity index (χ1n) is 6.34. The Kier molecular flexibility index (Phi) is 4.41. The molecule has 108 valence electrons. The lowest BCUT2D eigenvalue weighted by atomic mass is 10.1. The van der Waals surface area contributed by atoms with Crippen LogP contribution in [0, 0.1) is 0 Å². The Morgan fingerprint density at radius 1 is 1.35 bits per heavy atom. The molecule has 6 nitrogen and oxygen atoms in total. The largest absolute Gasteiger partial charge is 0.478 e. The molecule has 0 atom stereocenters. The summed E-state index contributed by atoms with van der Waals surface area (Å²) in [6, 6.07) is 5.25. The topological polar surface area (TPSA) is 81.8 Å². The number of carboxylic acid groups (broad SMARTS) is 1. The van der Waals surface area contributed by atoms with Gasteiger partial charge in [0.2, 0.25) is 0 Å². The summed E-state index contributed by atoms with van der Waals surface area (Å²) in [5.74, 6) is -1.00. The fourth-order valence-electron chi connectivity index (χ4n) is 2.21. The highest BCUT2D eigenvalue weighted by Crippen LogP contribution is 2.24. The number of anilines is 2. The van der Waals surface area contributed by atoms with Crippen molar-refractivity contribution in [3.63, 3.8) is 0 Å². The third kappa shape index (κ3) is 3.37. The minimum atomic E-state index is -1.00. The average molecular weight is 294 g/mol. The number of nitrogens with zero attached hydrogens (tertiary/aromatic N) is 2. The van der Waals surface area contributed by atoms with E-state index in [1.54, 1.807) is 12.1 Å². The minimum absolute atomic E-state index is 0.0554. The maximum atomic E-state index is 11.3. The second-order valence-corrected chi connectivity index (χ2v) is 5.25. The van der Waals surface area contributed by atoms with Gasteiger partial charge in [-0.25, -0.2) is 4.79 Å². The van der Waals surface area contributed by atoms with Crippen molar-refractivity contribution in [2.45, 2.75) is 0 Å². The highest BCUT2D eigenvalue weighted by atomic mass is 32.1.